The van der Waals surface area contributed by atoms with Gasteiger partial charge in [0.15, 0.2) is 0 Å². The Kier molecular flexibility index (Phi) is 3.97. The Labute approximate surface area is 100 Å². The third kappa shape index (κ3) is 3.63. The molecule has 0 radical (unpaired) electrons. The van der Waals surface area contributed by atoms with Crippen molar-refractivity contribution in [2.24, 2.45) is 5.92 Å². The highest BCUT2D eigenvalue weighted by Crippen LogP contribution is 2.36. The summed E-state index contributed by atoms with van der Waals surface area (Å²) in [7, 11) is 0. The summed E-state index contributed by atoms with van der Waals surface area (Å²) in [6, 6.07) is -0.181. The van der Waals surface area contributed by atoms with Gasteiger partial charge in [-0.2, -0.15) is 0 Å². The first kappa shape index (κ1) is 12.7. The Morgan fingerprint density at radius 1 is 1.35 bits per heavy atom. The van der Waals surface area contributed by atoms with Crippen LogP contribution in [0.1, 0.15) is 38.5 Å². The van der Waals surface area contributed by atoms with Crippen LogP contribution in [0.15, 0.2) is 0 Å². The predicted octanol–water partition coefficient (Wildman–Crippen LogP) is 1.68. The monoisotopic (exact) mass is 246 g/mol. The van der Waals surface area contributed by atoms with Gasteiger partial charge in [0.05, 0.1) is 6.04 Å². The lowest BCUT2D eigenvalue weighted by atomic mass is 9.86. The zero-order chi connectivity index (χ0) is 12.3. The molecule has 17 heavy (non-hydrogen) atoms. The molecule has 1 aliphatic heterocycles. The largest absolute Gasteiger partial charge is 0.355 e. The third-order valence-electron chi connectivity index (χ3n) is 3.68. The normalized spacial score (nSPS) is 33.2. The fourth-order valence-corrected chi connectivity index (χ4v) is 2.73. The van der Waals surface area contributed by atoms with Gasteiger partial charge in [-0.05, 0) is 38.1 Å². The SMILES string of the molecule is O=C1NCCCC1NCC1CCCC(F)(F)C1. The molecule has 1 saturated carbocycles. The van der Waals surface area contributed by atoms with Crippen LogP contribution in [0.5, 0.6) is 0 Å². The summed E-state index contributed by atoms with van der Waals surface area (Å²) in [4.78, 5) is 11.5. The van der Waals surface area contributed by atoms with Crippen molar-refractivity contribution in [3.63, 3.8) is 0 Å². The number of carbonyl (C=O) groups excluding carboxylic acids is 1. The molecule has 2 atom stereocenters. The Morgan fingerprint density at radius 3 is 2.88 bits per heavy atom. The minimum atomic E-state index is -2.50. The summed E-state index contributed by atoms with van der Waals surface area (Å²) >= 11 is 0. The number of alkyl halides is 2. The average Bonchev–Trinajstić information content (AvgIpc) is 2.27. The molecule has 3 nitrogen and oxygen atoms in total. The van der Waals surface area contributed by atoms with Gasteiger partial charge in [-0.3, -0.25) is 4.79 Å². The van der Waals surface area contributed by atoms with Crippen molar-refractivity contribution >= 4 is 5.91 Å². The number of hydrogen-bond acceptors (Lipinski definition) is 2. The number of piperidine rings is 1. The van der Waals surface area contributed by atoms with Crippen LogP contribution in [0.3, 0.4) is 0 Å². The van der Waals surface area contributed by atoms with Crippen LogP contribution in [0.25, 0.3) is 0 Å². The maximum absolute atomic E-state index is 13.2. The van der Waals surface area contributed by atoms with Crippen LogP contribution in [0.2, 0.25) is 0 Å². The summed E-state index contributed by atoms with van der Waals surface area (Å²) in [6.45, 7) is 1.27. The van der Waals surface area contributed by atoms with Crippen LogP contribution in [-0.2, 0) is 4.79 Å². The number of hydrogen-bond donors (Lipinski definition) is 2. The molecule has 1 heterocycles. The van der Waals surface area contributed by atoms with Crippen LogP contribution < -0.4 is 10.6 Å². The zero-order valence-corrected chi connectivity index (χ0v) is 9.98. The highest BCUT2D eigenvalue weighted by atomic mass is 19.3. The third-order valence-corrected chi connectivity index (χ3v) is 3.68. The maximum Gasteiger partial charge on any atom is 0.248 e. The number of rotatable bonds is 3. The molecule has 0 aromatic rings. The quantitative estimate of drug-likeness (QED) is 0.795. The minimum Gasteiger partial charge on any atom is -0.355 e. The van der Waals surface area contributed by atoms with Crippen LogP contribution >= 0.6 is 0 Å². The molecule has 1 amide bonds. The van der Waals surface area contributed by atoms with Crippen molar-refractivity contribution in [2.45, 2.75) is 50.5 Å². The van der Waals surface area contributed by atoms with E-state index in [0.29, 0.717) is 13.0 Å². The summed E-state index contributed by atoms with van der Waals surface area (Å²) in [5, 5.41) is 5.92. The van der Waals surface area contributed by atoms with Crippen molar-refractivity contribution in [2.75, 3.05) is 13.1 Å². The van der Waals surface area contributed by atoms with Gasteiger partial charge in [0.25, 0.3) is 0 Å². The molecule has 0 spiro atoms. The Balaban J connectivity index is 1.75. The molecular weight excluding hydrogens is 226 g/mol. The molecule has 2 N–H and O–H groups in total. The van der Waals surface area contributed by atoms with E-state index in [9.17, 15) is 13.6 Å². The molecule has 2 aliphatic rings. The molecule has 0 bridgehead atoms. The Bertz CT molecular complexity index is 284. The summed E-state index contributed by atoms with van der Waals surface area (Å²) in [5.41, 5.74) is 0. The Hall–Kier alpha value is -0.710. The van der Waals surface area contributed by atoms with E-state index in [-0.39, 0.29) is 30.7 Å². The van der Waals surface area contributed by atoms with Gasteiger partial charge in [0, 0.05) is 19.4 Å². The number of nitrogens with one attached hydrogen (secondary N) is 2. The topological polar surface area (TPSA) is 41.1 Å². The molecule has 2 unspecified atom stereocenters. The second-order valence-corrected chi connectivity index (χ2v) is 5.21. The minimum absolute atomic E-state index is 0.00785. The van der Waals surface area contributed by atoms with Gasteiger partial charge < -0.3 is 10.6 Å². The van der Waals surface area contributed by atoms with Gasteiger partial charge in [0.1, 0.15) is 0 Å². The van der Waals surface area contributed by atoms with Gasteiger partial charge in [0.2, 0.25) is 11.8 Å². The van der Waals surface area contributed by atoms with Gasteiger partial charge in [-0.1, -0.05) is 0 Å². The van der Waals surface area contributed by atoms with Gasteiger partial charge >= 0.3 is 0 Å². The predicted molar refractivity (Wildman–Crippen MR) is 60.9 cm³/mol. The first-order valence-corrected chi connectivity index (χ1v) is 6.46. The van der Waals surface area contributed by atoms with Crippen molar-refractivity contribution < 1.29 is 13.6 Å². The van der Waals surface area contributed by atoms with Crippen molar-refractivity contribution in [3.05, 3.63) is 0 Å². The van der Waals surface area contributed by atoms with E-state index < -0.39 is 5.92 Å². The Morgan fingerprint density at radius 2 is 2.18 bits per heavy atom. The van der Waals surface area contributed by atoms with Crippen molar-refractivity contribution in [3.8, 4) is 0 Å². The van der Waals surface area contributed by atoms with Crippen molar-refractivity contribution in [1.29, 1.82) is 0 Å². The highest BCUT2D eigenvalue weighted by molar-refractivity contribution is 5.82. The highest BCUT2D eigenvalue weighted by Gasteiger charge is 2.36. The van der Waals surface area contributed by atoms with E-state index in [2.05, 4.69) is 10.6 Å². The number of carbonyl (C=O) groups is 1. The summed E-state index contributed by atoms with van der Waals surface area (Å²) in [5.74, 6) is -2.48. The molecule has 0 aromatic carbocycles. The van der Waals surface area contributed by atoms with E-state index in [1.807, 2.05) is 0 Å². The molecule has 0 aromatic heterocycles. The van der Waals surface area contributed by atoms with E-state index >= 15 is 0 Å². The lowest BCUT2D eigenvalue weighted by Crippen LogP contribution is -2.49. The molecule has 2 rings (SSSR count). The maximum atomic E-state index is 13.2. The molecular formula is C12H20F2N2O. The summed E-state index contributed by atoms with van der Waals surface area (Å²) < 4.78 is 26.4. The molecule has 2 fully saturated rings. The first-order chi connectivity index (χ1) is 8.07. The van der Waals surface area contributed by atoms with Crippen molar-refractivity contribution in [1.82, 2.24) is 10.6 Å². The molecule has 1 saturated heterocycles. The first-order valence-electron chi connectivity index (χ1n) is 6.46. The lowest BCUT2D eigenvalue weighted by molar-refractivity contribution is -0.124. The van der Waals surface area contributed by atoms with E-state index in [1.54, 1.807) is 0 Å². The van der Waals surface area contributed by atoms with E-state index in [0.717, 1.165) is 25.8 Å². The van der Waals surface area contributed by atoms with Crippen LogP contribution in [-0.4, -0.2) is 31.0 Å². The van der Waals surface area contributed by atoms with Crippen LogP contribution in [0, 0.1) is 5.92 Å². The second kappa shape index (κ2) is 5.29. The van der Waals surface area contributed by atoms with Gasteiger partial charge in [-0.15, -0.1) is 0 Å². The van der Waals surface area contributed by atoms with Crippen LogP contribution in [0.4, 0.5) is 8.78 Å². The summed E-state index contributed by atoms with van der Waals surface area (Å²) in [6.07, 6.45) is 3.20. The lowest BCUT2D eigenvalue weighted by Gasteiger charge is -2.31. The molecule has 98 valence electrons. The second-order valence-electron chi connectivity index (χ2n) is 5.21. The molecule has 1 aliphatic carbocycles. The number of halogens is 2. The fraction of sp³-hybridized carbons (Fsp3) is 0.917. The van der Waals surface area contributed by atoms with E-state index in [1.165, 1.54) is 0 Å². The van der Waals surface area contributed by atoms with E-state index in [4.69, 9.17) is 0 Å². The average molecular weight is 246 g/mol. The number of amides is 1. The van der Waals surface area contributed by atoms with Gasteiger partial charge in [-0.25, -0.2) is 8.78 Å². The fourth-order valence-electron chi connectivity index (χ4n) is 2.73. The smallest absolute Gasteiger partial charge is 0.248 e. The molecule has 5 heteroatoms. The standard InChI is InChI=1S/C12H20F2N2O/c13-12(14)5-1-3-9(7-12)8-16-10-4-2-6-15-11(10)17/h9-10,16H,1-8H2,(H,15,17). The zero-order valence-electron chi connectivity index (χ0n) is 9.98.